The molecule has 0 saturated heterocycles. The van der Waals surface area contributed by atoms with Crippen molar-refractivity contribution in [2.75, 3.05) is 13.2 Å². The number of benzene rings is 1. The molecular formula is C14H22FNO2. The normalized spacial score (nSPS) is 14.8. The molecular weight excluding hydrogens is 233 g/mol. The minimum Gasteiger partial charge on any atom is -0.395 e. The topological polar surface area (TPSA) is 52.5 Å². The van der Waals surface area contributed by atoms with Crippen LogP contribution >= 0.6 is 0 Å². The first-order chi connectivity index (χ1) is 8.52. The first kappa shape index (κ1) is 15.1. The van der Waals surface area contributed by atoms with Crippen LogP contribution in [0.15, 0.2) is 24.3 Å². The van der Waals surface area contributed by atoms with Crippen molar-refractivity contribution in [3.05, 3.63) is 35.6 Å². The van der Waals surface area contributed by atoms with E-state index in [1.54, 1.807) is 12.1 Å². The van der Waals surface area contributed by atoms with Gasteiger partial charge in [0.15, 0.2) is 0 Å². The number of aliphatic hydroxyl groups is 2. The zero-order valence-electron chi connectivity index (χ0n) is 10.9. The second-order valence-electron chi connectivity index (χ2n) is 4.98. The molecule has 0 aliphatic heterocycles. The van der Waals surface area contributed by atoms with E-state index in [0.29, 0.717) is 18.0 Å². The van der Waals surface area contributed by atoms with Gasteiger partial charge in [0, 0.05) is 12.6 Å². The number of hydrogen-bond acceptors (Lipinski definition) is 3. The average Bonchev–Trinajstić information content (AvgIpc) is 2.34. The second kappa shape index (κ2) is 7.46. The molecule has 2 atom stereocenters. The summed E-state index contributed by atoms with van der Waals surface area (Å²) in [7, 11) is 0. The van der Waals surface area contributed by atoms with Crippen LogP contribution in [0.25, 0.3) is 0 Å². The largest absolute Gasteiger partial charge is 0.395 e. The summed E-state index contributed by atoms with van der Waals surface area (Å²) < 4.78 is 12.7. The minimum atomic E-state index is -0.688. The molecule has 0 radical (unpaired) electrons. The quantitative estimate of drug-likeness (QED) is 0.697. The van der Waals surface area contributed by atoms with Gasteiger partial charge in [-0.1, -0.05) is 26.0 Å². The van der Waals surface area contributed by atoms with Gasteiger partial charge < -0.3 is 15.5 Å². The van der Waals surface area contributed by atoms with Gasteiger partial charge in [0.1, 0.15) is 5.82 Å². The Kier molecular flexibility index (Phi) is 6.25. The van der Waals surface area contributed by atoms with Crippen molar-refractivity contribution in [1.29, 1.82) is 0 Å². The van der Waals surface area contributed by atoms with E-state index >= 15 is 0 Å². The molecule has 0 fully saturated rings. The number of aliphatic hydroxyl groups excluding tert-OH is 2. The van der Waals surface area contributed by atoms with E-state index < -0.39 is 6.10 Å². The van der Waals surface area contributed by atoms with Gasteiger partial charge in [-0.15, -0.1) is 0 Å². The Labute approximate surface area is 108 Å². The molecule has 1 aromatic carbocycles. The Balaban J connectivity index is 2.44. The van der Waals surface area contributed by atoms with E-state index in [4.69, 9.17) is 0 Å². The van der Waals surface area contributed by atoms with Gasteiger partial charge in [0.05, 0.1) is 12.7 Å². The highest BCUT2D eigenvalue weighted by Gasteiger charge is 2.13. The van der Waals surface area contributed by atoms with E-state index in [2.05, 4.69) is 19.2 Å². The van der Waals surface area contributed by atoms with Gasteiger partial charge in [0.2, 0.25) is 0 Å². The van der Waals surface area contributed by atoms with Gasteiger partial charge in [-0.2, -0.15) is 0 Å². The van der Waals surface area contributed by atoms with Crippen molar-refractivity contribution in [3.63, 3.8) is 0 Å². The van der Waals surface area contributed by atoms with Crippen molar-refractivity contribution in [2.45, 2.75) is 32.4 Å². The van der Waals surface area contributed by atoms with Crippen molar-refractivity contribution in [1.82, 2.24) is 5.32 Å². The lowest BCUT2D eigenvalue weighted by atomic mass is 10.0. The Morgan fingerprint density at radius 3 is 2.33 bits per heavy atom. The standard InChI is InChI=1S/C14H22FNO2/c1-10(2)7-13(9-17)16-8-14(18)11-3-5-12(15)6-4-11/h3-6,10,13-14,16-18H,7-9H2,1-2H3. The number of rotatable bonds is 7. The zero-order chi connectivity index (χ0) is 13.5. The van der Waals surface area contributed by atoms with Crippen molar-refractivity contribution in [3.8, 4) is 0 Å². The lowest BCUT2D eigenvalue weighted by Gasteiger charge is -2.20. The molecule has 4 heteroatoms. The van der Waals surface area contributed by atoms with Crippen LogP contribution in [-0.2, 0) is 0 Å². The molecule has 0 aromatic heterocycles. The van der Waals surface area contributed by atoms with Gasteiger partial charge in [-0.25, -0.2) is 4.39 Å². The third-order valence-corrected chi connectivity index (χ3v) is 2.83. The summed E-state index contributed by atoms with van der Waals surface area (Å²) in [6, 6.07) is 5.78. The summed E-state index contributed by atoms with van der Waals surface area (Å²) in [6.07, 6.45) is 0.166. The predicted octanol–water partition coefficient (Wildman–Crippen LogP) is 1.86. The molecule has 0 amide bonds. The SMILES string of the molecule is CC(C)CC(CO)NCC(O)c1ccc(F)cc1. The van der Waals surface area contributed by atoms with Crippen molar-refractivity contribution >= 4 is 0 Å². The summed E-state index contributed by atoms with van der Waals surface area (Å²) in [5.41, 5.74) is 0.671. The molecule has 0 aliphatic carbocycles. The van der Waals surface area contributed by atoms with Crippen LogP contribution in [0, 0.1) is 11.7 Å². The van der Waals surface area contributed by atoms with Gasteiger partial charge in [0.25, 0.3) is 0 Å². The first-order valence-electron chi connectivity index (χ1n) is 6.30. The smallest absolute Gasteiger partial charge is 0.123 e. The number of nitrogens with one attached hydrogen (secondary N) is 1. The lowest BCUT2D eigenvalue weighted by Crippen LogP contribution is -2.36. The molecule has 2 unspecified atom stereocenters. The summed E-state index contributed by atoms with van der Waals surface area (Å²) in [6.45, 7) is 4.57. The molecule has 0 saturated carbocycles. The maximum Gasteiger partial charge on any atom is 0.123 e. The second-order valence-corrected chi connectivity index (χ2v) is 4.98. The molecule has 0 heterocycles. The molecule has 1 rings (SSSR count). The fraction of sp³-hybridized carbons (Fsp3) is 0.571. The zero-order valence-corrected chi connectivity index (χ0v) is 10.9. The maximum atomic E-state index is 12.7. The number of hydrogen-bond donors (Lipinski definition) is 3. The Morgan fingerprint density at radius 1 is 1.22 bits per heavy atom. The third kappa shape index (κ3) is 5.12. The van der Waals surface area contributed by atoms with E-state index in [9.17, 15) is 14.6 Å². The van der Waals surface area contributed by atoms with E-state index in [1.165, 1.54) is 12.1 Å². The van der Waals surface area contributed by atoms with Gasteiger partial charge in [-0.3, -0.25) is 0 Å². The van der Waals surface area contributed by atoms with E-state index in [-0.39, 0.29) is 18.5 Å². The highest BCUT2D eigenvalue weighted by Crippen LogP contribution is 2.13. The fourth-order valence-corrected chi connectivity index (χ4v) is 1.87. The first-order valence-corrected chi connectivity index (χ1v) is 6.30. The molecule has 0 spiro atoms. The Bertz CT molecular complexity index is 340. The van der Waals surface area contributed by atoms with E-state index in [0.717, 1.165) is 6.42 Å². The van der Waals surface area contributed by atoms with Crippen molar-refractivity contribution < 1.29 is 14.6 Å². The Morgan fingerprint density at radius 2 is 1.83 bits per heavy atom. The molecule has 0 aliphatic rings. The monoisotopic (exact) mass is 255 g/mol. The summed E-state index contributed by atoms with van der Waals surface area (Å²) in [4.78, 5) is 0. The summed E-state index contributed by atoms with van der Waals surface area (Å²) in [5, 5.41) is 22.2. The molecule has 1 aromatic rings. The van der Waals surface area contributed by atoms with Crippen LogP contribution in [0.4, 0.5) is 4.39 Å². The van der Waals surface area contributed by atoms with Gasteiger partial charge in [-0.05, 0) is 30.0 Å². The highest BCUT2D eigenvalue weighted by atomic mass is 19.1. The van der Waals surface area contributed by atoms with E-state index in [1.807, 2.05) is 0 Å². The third-order valence-electron chi connectivity index (χ3n) is 2.83. The molecule has 102 valence electrons. The van der Waals surface area contributed by atoms with Crippen LogP contribution in [0.1, 0.15) is 31.9 Å². The molecule has 3 N–H and O–H groups in total. The van der Waals surface area contributed by atoms with Crippen molar-refractivity contribution in [2.24, 2.45) is 5.92 Å². The fourth-order valence-electron chi connectivity index (χ4n) is 1.87. The molecule has 18 heavy (non-hydrogen) atoms. The molecule has 3 nitrogen and oxygen atoms in total. The predicted molar refractivity (Wildman–Crippen MR) is 69.7 cm³/mol. The van der Waals surface area contributed by atoms with Crippen LogP contribution in [0.5, 0.6) is 0 Å². The Hall–Kier alpha value is -0.970. The summed E-state index contributed by atoms with van der Waals surface area (Å²) in [5.74, 6) is 0.171. The average molecular weight is 255 g/mol. The number of halogens is 1. The van der Waals surface area contributed by atoms with Crippen LogP contribution in [-0.4, -0.2) is 29.4 Å². The lowest BCUT2D eigenvalue weighted by molar-refractivity contribution is 0.153. The maximum absolute atomic E-state index is 12.7. The molecule has 0 bridgehead atoms. The summed E-state index contributed by atoms with van der Waals surface area (Å²) >= 11 is 0. The minimum absolute atomic E-state index is 0.0138. The van der Waals surface area contributed by atoms with Crippen LogP contribution < -0.4 is 5.32 Å². The van der Waals surface area contributed by atoms with Gasteiger partial charge >= 0.3 is 0 Å². The highest BCUT2D eigenvalue weighted by molar-refractivity contribution is 5.18. The van der Waals surface area contributed by atoms with Crippen LogP contribution in [0.3, 0.4) is 0 Å². The van der Waals surface area contributed by atoms with Crippen LogP contribution in [0.2, 0.25) is 0 Å².